The van der Waals surface area contributed by atoms with E-state index in [2.05, 4.69) is 10.6 Å². The zero-order valence-electron chi connectivity index (χ0n) is 13.3. The van der Waals surface area contributed by atoms with Crippen molar-refractivity contribution in [2.24, 2.45) is 0 Å². The van der Waals surface area contributed by atoms with Crippen molar-refractivity contribution in [3.05, 3.63) is 0 Å². The van der Waals surface area contributed by atoms with Gasteiger partial charge in [-0.05, 0) is 12.8 Å². The first kappa shape index (κ1) is 16.7. The predicted octanol–water partition coefficient (Wildman–Crippen LogP) is 0.309. The maximum atomic E-state index is 11.8. The summed E-state index contributed by atoms with van der Waals surface area (Å²) in [4.78, 5) is 37.3. The summed E-state index contributed by atoms with van der Waals surface area (Å²) in [6, 6.07) is 0.145. The average molecular weight is 310 g/mol. The van der Waals surface area contributed by atoms with Gasteiger partial charge in [-0.25, -0.2) is 4.79 Å². The van der Waals surface area contributed by atoms with Gasteiger partial charge in [-0.3, -0.25) is 14.5 Å². The van der Waals surface area contributed by atoms with E-state index in [-0.39, 0.29) is 24.9 Å². The van der Waals surface area contributed by atoms with Gasteiger partial charge in [-0.15, -0.1) is 0 Å². The number of hydrogen-bond donors (Lipinski definition) is 2. The van der Waals surface area contributed by atoms with Gasteiger partial charge in [0.05, 0.1) is 0 Å². The minimum atomic E-state index is -0.406. The highest BCUT2D eigenvalue weighted by Gasteiger charge is 2.34. The van der Waals surface area contributed by atoms with Crippen LogP contribution >= 0.6 is 0 Å². The lowest BCUT2D eigenvalue weighted by Crippen LogP contribution is -2.43. The van der Waals surface area contributed by atoms with Crippen molar-refractivity contribution in [1.29, 1.82) is 0 Å². The smallest absolute Gasteiger partial charge is 0.327 e. The lowest BCUT2D eigenvalue weighted by molar-refractivity contribution is -0.130. The van der Waals surface area contributed by atoms with Gasteiger partial charge >= 0.3 is 6.03 Å². The van der Waals surface area contributed by atoms with E-state index in [9.17, 15) is 14.4 Å². The minimum Gasteiger partial charge on any atom is -0.353 e. The van der Waals surface area contributed by atoms with Crippen LogP contribution in [0.4, 0.5) is 4.79 Å². The first-order valence-electron chi connectivity index (χ1n) is 8.13. The standard InChI is InChI=1S/C15H26N4O3/c1-18-11-14(21)19(15(18)22)10-13(20)17-9-8-16-12-6-4-2-3-5-7-12/h12,16H,2-11H2,1H3,(H,17,20). The summed E-state index contributed by atoms with van der Waals surface area (Å²) in [5.41, 5.74) is 0. The highest BCUT2D eigenvalue weighted by Crippen LogP contribution is 2.16. The summed E-state index contributed by atoms with van der Waals surface area (Å²) in [5.74, 6) is -0.612. The molecule has 1 saturated heterocycles. The first-order chi connectivity index (χ1) is 10.6. The van der Waals surface area contributed by atoms with Crippen molar-refractivity contribution >= 4 is 17.8 Å². The molecule has 2 N–H and O–H groups in total. The molecule has 1 aliphatic heterocycles. The van der Waals surface area contributed by atoms with Crippen LogP contribution in [0.25, 0.3) is 0 Å². The van der Waals surface area contributed by atoms with Crippen molar-refractivity contribution in [1.82, 2.24) is 20.4 Å². The highest BCUT2D eigenvalue weighted by molar-refractivity contribution is 6.04. The van der Waals surface area contributed by atoms with Crippen molar-refractivity contribution in [2.75, 3.05) is 33.2 Å². The average Bonchev–Trinajstić information content (AvgIpc) is 2.70. The molecule has 0 atom stereocenters. The van der Waals surface area contributed by atoms with Crippen molar-refractivity contribution in [3.63, 3.8) is 0 Å². The Kier molecular flexibility index (Phi) is 6.18. The van der Waals surface area contributed by atoms with Crippen LogP contribution in [-0.4, -0.2) is 66.9 Å². The second-order valence-corrected chi connectivity index (χ2v) is 6.11. The Morgan fingerprint density at radius 1 is 1.14 bits per heavy atom. The summed E-state index contributed by atoms with van der Waals surface area (Å²) in [6.07, 6.45) is 7.60. The van der Waals surface area contributed by atoms with Crippen molar-refractivity contribution in [2.45, 2.75) is 44.6 Å². The van der Waals surface area contributed by atoms with Crippen molar-refractivity contribution < 1.29 is 14.4 Å². The monoisotopic (exact) mass is 310 g/mol. The first-order valence-corrected chi connectivity index (χ1v) is 8.13. The van der Waals surface area contributed by atoms with Crippen LogP contribution in [0, 0.1) is 0 Å². The summed E-state index contributed by atoms with van der Waals surface area (Å²) in [6.45, 7) is 1.10. The minimum absolute atomic E-state index is 0.0509. The van der Waals surface area contributed by atoms with E-state index in [0.29, 0.717) is 12.6 Å². The summed E-state index contributed by atoms with van der Waals surface area (Å²) >= 11 is 0. The molecule has 4 amide bonds. The van der Waals surface area contributed by atoms with E-state index in [1.165, 1.54) is 43.4 Å². The Morgan fingerprint density at radius 3 is 2.41 bits per heavy atom. The molecule has 0 aromatic rings. The molecule has 2 fully saturated rings. The molecule has 124 valence electrons. The van der Waals surface area contributed by atoms with E-state index in [0.717, 1.165) is 11.4 Å². The number of carbonyl (C=O) groups excluding carboxylic acids is 3. The van der Waals surface area contributed by atoms with Gasteiger partial charge in [0.2, 0.25) is 5.91 Å². The molecule has 0 aromatic heterocycles. The van der Waals surface area contributed by atoms with Crippen LogP contribution in [0.2, 0.25) is 0 Å². The SMILES string of the molecule is CN1CC(=O)N(CC(=O)NCCNC2CCCCCC2)C1=O. The van der Waals surface area contributed by atoms with E-state index < -0.39 is 6.03 Å². The highest BCUT2D eigenvalue weighted by atomic mass is 16.2. The maximum absolute atomic E-state index is 11.8. The van der Waals surface area contributed by atoms with Crippen LogP contribution in [0.1, 0.15) is 38.5 Å². The molecular formula is C15H26N4O3. The number of nitrogens with one attached hydrogen (secondary N) is 2. The lowest BCUT2D eigenvalue weighted by atomic mass is 10.1. The van der Waals surface area contributed by atoms with Gasteiger partial charge in [-0.2, -0.15) is 0 Å². The van der Waals surface area contributed by atoms with E-state index >= 15 is 0 Å². The fourth-order valence-corrected chi connectivity index (χ4v) is 2.99. The molecule has 0 bridgehead atoms. The molecular weight excluding hydrogens is 284 g/mol. The Bertz CT molecular complexity index is 419. The Balaban J connectivity index is 1.61. The zero-order chi connectivity index (χ0) is 15.9. The van der Waals surface area contributed by atoms with Crippen LogP contribution in [-0.2, 0) is 9.59 Å². The third-order valence-corrected chi connectivity index (χ3v) is 4.27. The number of hydrogen-bond acceptors (Lipinski definition) is 4. The Hall–Kier alpha value is -1.63. The number of urea groups is 1. The number of imide groups is 1. The predicted molar refractivity (Wildman–Crippen MR) is 82.2 cm³/mol. The van der Waals surface area contributed by atoms with E-state index in [1.54, 1.807) is 7.05 Å². The fourth-order valence-electron chi connectivity index (χ4n) is 2.99. The molecule has 2 aliphatic rings. The number of likely N-dealkylation sites (N-methyl/N-ethyl adjacent to an activating group) is 1. The largest absolute Gasteiger partial charge is 0.353 e. The molecule has 0 aromatic carbocycles. The van der Waals surface area contributed by atoms with Crippen LogP contribution in [0.5, 0.6) is 0 Å². The van der Waals surface area contributed by atoms with Gasteiger partial charge in [0.15, 0.2) is 0 Å². The summed E-state index contributed by atoms with van der Waals surface area (Å²) in [7, 11) is 1.55. The molecule has 7 nitrogen and oxygen atoms in total. The van der Waals surface area contributed by atoms with Crippen LogP contribution in [0.15, 0.2) is 0 Å². The topological polar surface area (TPSA) is 81.8 Å². The molecule has 0 spiro atoms. The van der Waals surface area contributed by atoms with Crippen LogP contribution in [0.3, 0.4) is 0 Å². The lowest BCUT2D eigenvalue weighted by Gasteiger charge is -2.17. The molecule has 7 heteroatoms. The second kappa shape index (κ2) is 8.12. The third-order valence-electron chi connectivity index (χ3n) is 4.27. The number of carbonyl (C=O) groups is 3. The van der Waals surface area contributed by atoms with Gasteiger partial charge in [0.1, 0.15) is 13.1 Å². The van der Waals surface area contributed by atoms with Gasteiger partial charge in [-0.1, -0.05) is 25.7 Å². The normalized spacial score (nSPS) is 20.4. The number of nitrogens with zero attached hydrogens (tertiary/aromatic N) is 2. The molecule has 0 radical (unpaired) electrons. The van der Waals surface area contributed by atoms with Crippen molar-refractivity contribution in [3.8, 4) is 0 Å². The third kappa shape index (κ3) is 4.69. The number of amides is 4. The molecule has 1 saturated carbocycles. The molecule has 1 heterocycles. The second-order valence-electron chi connectivity index (χ2n) is 6.11. The maximum Gasteiger partial charge on any atom is 0.327 e. The van der Waals surface area contributed by atoms with Gasteiger partial charge < -0.3 is 15.5 Å². The summed E-state index contributed by atoms with van der Waals surface area (Å²) < 4.78 is 0. The quantitative estimate of drug-likeness (QED) is 0.420. The zero-order valence-corrected chi connectivity index (χ0v) is 13.3. The summed E-state index contributed by atoms with van der Waals surface area (Å²) in [5, 5.41) is 6.22. The van der Waals surface area contributed by atoms with E-state index in [4.69, 9.17) is 0 Å². The Labute approximate surface area is 131 Å². The van der Waals surface area contributed by atoms with Gasteiger partial charge in [0, 0.05) is 26.2 Å². The molecule has 2 rings (SSSR count). The van der Waals surface area contributed by atoms with Gasteiger partial charge in [0.25, 0.3) is 5.91 Å². The molecule has 1 aliphatic carbocycles. The Morgan fingerprint density at radius 2 is 1.82 bits per heavy atom. The van der Waals surface area contributed by atoms with Crippen LogP contribution < -0.4 is 10.6 Å². The fraction of sp³-hybridized carbons (Fsp3) is 0.800. The van der Waals surface area contributed by atoms with E-state index in [1.807, 2.05) is 0 Å². The number of rotatable bonds is 6. The molecule has 22 heavy (non-hydrogen) atoms. The molecule has 0 unspecified atom stereocenters.